The minimum absolute atomic E-state index is 0.692. The second-order valence-electron chi connectivity index (χ2n) is 5.50. The van der Waals surface area contributed by atoms with E-state index in [0.717, 1.165) is 39.6 Å². The summed E-state index contributed by atoms with van der Waals surface area (Å²) in [5, 5.41) is 0. The lowest BCUT2D eigenvalue weighted by atomic mass is 10.6. The molecule has 0 spiro atoms. The monoisotopic (exact) mass is 284 g/mol. The van der Waals surface area contributed by atoms with Gasteiger partial charge in [0.1, 0.15) is 25.5 Å². The summed E-state index contributed by atoms with van der Waals surface area (Å²) in [7, 11) is 4.18. The summed E-state index contributed by atoms with van der Waals surface area (Å²) in [6.07, 6.45) is 8.60. The number of nitrogens with one attached hydrogen (secondary N) is 2. The maximum absolute atomic E-state index is 5.59. The van der Waals surface area contributed by atoms with Crippen molar-refractivity contribution in [2.75, 3.05) is 66.9 Å². The Bertz CT molecular complexity index is 303. The molecule has 6 nitrogen and oxygen atoms in total. The van der Waals surface area contributed by atoms with Crippen molar-refractivity contribution in [3.05, 3.63) is 24.8 Å². The molecule has 114 valence electrons. The standard InChI is InChI=1S/C14H26N4O2/c1-15-3-5-17(13-15)7-9-19-11-12-20-10-8-18-6-4-16(2)14-18/h3-6H,7-14H2,1-2H3/p+2. The number of nitrogens with zero attached hydrogens (tertiary/aromatic N) is 2. The van der Waals surface area contributed by atoms with Crippen LogP contribution in [-0.4, -0.2) is 76.7 Å². The molecule has 0 saturated carbocycles. The van der Waals surface area contributed by atoms with Gasteiger partial charge in [0.15, 0.2) is 13.3 Å². The fraction of sp³-hybridized carbons (Fsp3) is 0.714. The topological polar surface area (TPSA) is 33.8 Å². The predicted octanol–water partition coefficient (Wildman–Crippen LogP) is -2.46. The van der Waals surface area contributed by atoms with E-state index < -0.39 is 0 Å². The zero-order valence-electron chi connectivity index (χ0n) is 12.7. The average Bonchev–Trinajstić information content (AvgIpc) is 3.02. The van der Waals surface area contributed by atoms with Gasteiger partial charge >= 0.3 is 0 Å². The molecule has 2 unspecified atom stereocenters. The first kappa shape index (κ1) is 15.3. The molecule has 0 aromatic heterocycles. The van der Waals surface area contributed by atoms with E-state index in [-0.39, 0.29) is 0 Å². The van der Waals surface area contributed by atoms with E-state index in [1.165, 1.54) is 9.80 Å². The Morgan fingerprint density at radius 3 is 1.60 bits per heavy atom. The average molecular weight is 284 g/mol. The fourth-order valence-corrected chi connectivity index (χ4v) is 2.37. The Balaban J connectivity index is 1.35. The zero-order chi connectivity index (χ0) is 14.2. The minimum Gasteiger partial charge on any atom is -0.373 e. The highest BCUT2D eigenvalue weighted by molar-refractivity contribution is 4.74. The minimum atomic E-state index is 0.692. The second-order valence-corrected chi connectivity index (χ2v) is 5.50. The number of hydrogen-bond donors (Lipinski definition) is 2. The van der Waals surface area contributed by atoms with Crippen LogP contribution in [0.25, 0.3) is 0 Å². The molecular weight excluding hydrogens is 256 g/mol. The van der Waals surface area contributed by atoms with Gasteiger partial charge in [-0.2, -0.15) is 0 Å². The third-order valence-corrected chi connectivity index (χ3v) is 3.54. The van der Waals surface area contributed by atoms with Crippen molar-refractivity contribution in [1.29, 1.82) is 0 Å². The first-order valence-electron chi connectivity index (χ1n) is 7.36. The highest BCUT2D eigenvalue weighted by atomic mass is 16.5. The van der Waals surface area contributed by atoms with Gasteiger partial charge in [-0.15, -0.1) is 0 Å². The summed E-state index contributed by atoms with van der Waals surface area (Å²) >= 11 is 0. The number of quaternary nitrogens is 2. The van der Waals surface area contributed by atoms with Gasteiger partial charge in [0, 0.05) is 14.1 Å². The molecule has 2 atom stereocenters. The predicted molar refractivity (Wildman–Crippen MR) is 76.8 cm³/mol. The number of hydrogen-bond acceptors (Lipinski definition) is 4. The third-order valence-electron chi connectivity index (χ3n) is 3.54. The van der Waals surface area contributed by atoms with Crippen molar-refractivity contribution < 1.29 is 19.3 Å². The zero-order valence-corrected chi connectivity index (χ0v) is 12.7. The SMILES string of the molecule is CN1C=C[NH+](CCOCCOCC[NH+]2C=CN(C)C2)C1. The van der Waals surface area contributed by atoms with Crippen molar-refractivity contribution in [1.82, 2.24) is 9.80 Å². The van der Waals surface area contributed by atoms with E-state index >= 15 is 0 Å². The van der Waals surface area contributed by atoms with E-state index in [1.807, 2.05) is 0 Å². The molecule has 6 heteroatoms. The van der Waals surface area contributed by atoms with Gasteiger partial charge in [-0.25, -0.2) is 0 Å². The lowest BCUT2D eigenvalue weighted by Crippen LogP contribution is -3.07. The molecule has 0 amide bonds. The summed E-state index contributed by atoms with van der Waals surface area (Å²) in [6, 6.07) is 0. The van der Waals surface area contributed by atoms with Crippen LogP contribution in [0.15, 0.2) is 24.8 Å². The summed E-state index contributed by atoms with van der Waals surface area (Å²) in [6.45, 7) is 7.10. The van der Waals surface area contributed by atoms with E-state index in [1.54, 1.807) is 0 Å². The van der Waals surface area contributed by atoms with Crippen LogP contribution in [0.3, 0.4) is 0 Å². The molecule has 0 aromatic carbocycles. The Kier molecular flexibility index (Phi) is 6.32. The molecule has 2 aliphatic heterocycles. The van der Waals surface area contributed by atoms with Crippen molar-refractivity contribution >= 4 is 0 Å². The van der Waals surface area contributed by atoms with Gasteiger partial charge in [-0.3, -0.25) is 9.80 Å². The van der Waals surface area contributed by atoms with Gasteiger partial charge in [0.25, 0.3) is 0 Å². The van der Waals surface area contributed by atoms with E-state index in [0.29, 0.717) is 13.2 Å². The first-order chi connectivity index (χ1) is 9.74. The third kappa shape index (κ3) is 5.50. The van der Waals surface area contributed by atoms with E-state index in [2.05, 4.69) is 48.7 Å². The van der Waals surface area contributed by atoms with Crippen LogP contribution in [-0.2, 0) is 9.47 Å². The van der Waals surface area contributed by atoms with Crippen molar-refractivity contribution in [2.45, 2.75) is 0 Å². The van der Waals surface area contributed by atoms with Crippen LogP contribution in [0.1, 0.15) is 0 Å². The van der Waals surface area contributed by atoms with Crippen molar-refractivity contribution in [3.63, 3.8) is 0 Å². The molecule has 2 aliphatic rings. The molecular formula is C14H28N4O2+2. The van der Waals surface area contributed by atoms with Crippen LogP contribution in [0, 0.1) is 0 Å². The van der Waals surface area contributed by atoms with Crippen LogP contribution < -0.4 is 9.80 Å². The first-order valence-corrected chi connectivity index (χ1v) is 7.36. The molecule has 0 bridgehead atoms. The quantitative estimate of drug-likeness (QED) is 0.460. The largest absolute Gasteiger partial charge is 0.373 e. The Hall–Kier alpha value is -1.08. The molecule has 0 aromatic rings. The fourth-order valence-electron chi connectivity index (χ4n) is 2.37. The molecule has 2 heterocycles. The lowest BCUT2D eigenvalue weighted by molar-refractivity contribution is -0.849. The number of rotatable bonds is 9. The maximum Gasteiger partial charge on any atom is 0.156 e. The molecule has 2 N–H and O–H groups in total. The molecule has 2 rings (SSSR count). The highest BCUT2D eigenvalue weighted by Crippen LogP contribution is 1.84. The van der Waals surface area contributed by atoms with Gasteiger partial charge in [0.05, 0.1) is 38.8 Å². The highest BCUT2D eigenvalue weighted by Gasteiger charge is 2.13. The van der Waals surface area contributed by atoms with Crippen LogP contribution in [0.4, 0.5) is 0 Å². The summed E-state index contributed by atoms with van der Waals surface area (Å²) in [5.41, 5.74) is 0. The van der Waals surface area contributed by atoms with Crippen molar-refractivity contribution in [2.24, 2.45) is 0 Å². The van der Waals surface area contributed by atoms with Gasteiger partial charge in [0.2, 0.25) is 0 Å². The lowest BCUT2D eigenvalue weighted by Gasteiger charge is -2.14. The number of ether oxygens (including phenoxy) is 2. The smallest absolute Gasteiger partial charge is 0.156 e. The molecule has 20 heavy (non-hydrogen) atoms. The normalized spacial score (nSPS) is 25.1. The van der Waals surface area contributed by atoms with Crippen LogP contribution in [0.2, 0.25) is 0 Å². The van der Waals surface area contributed by atoms with E-state index in [4.69, 9.17) is 9.47 Å². The molecule has 0 fully saturated rings. The van der Waals surface area contributed by atoms with Crippen molar-refractivity contribution in [3.8, 4) is 0 Å². The molecule has 0 radical (unpaired) electrons. The van der Waals surface area contributed by atoms with Gasteiger partial charge < -0.3 is 19.3 Å². The molecule has 0 saturated heterocycles. The van der Waals surface area contributed by atoms with E-state index in [9.17, 15) is 0 Å². The Labute approximate surface area is 121 Å². The van der Waals surface area contributed by atoms with Crippen LogP contribution >= 0.6 is 0 Å². The summed E-state index contributed by atoms with van der Waals surface area (Å²) in [5.74, 6) is 0. The molecule has 0 aliphatic carbocycles. The Morgan fingerprint density at radius 1 is 0.800 bits per heavy atom. The van der Waals surface area contributed by atoms with Gasteiger partial charge in [-0.1, -0.05) is 0 Å². The second kappa shape index (κ2) is 8.26. The van der Waals surface area contributed by atoms with Gasteiger partial charge in [-0.05, 0) is 0 Å². The van der Waals surface area contributed by atoms with Crippen LogP contribution in [0.5, 0.6) is 0 Å². The summed E-state index contributed by atoms with van der Waals surface area (Å²) in [4.78, 5) is 7.26. The Morgan fingerprint density at radius 2 is 1.25 bits per heavy atom. The maximum atomic E-state index is 5.59. The summed E-state index contributed by atoms with van der Waals surface area (Å²) < 4.78 is 11.2.